The molecule has 0 spiro atoms. The smallest absolute Gasteiger partial charge is 0.0705 e. The van der Waals surface area contributed by atoms with Crippen LogP contribution in [0.5, 0.6) is 0 Å². The Balaban J connectivity index is 2.23. The van der Waals surface area contributed by atoms with Crippen molar-refractivity contribution in [3.63, 3.8) is 0 Å². The van der Waals surface area contributed by atoms with Crippen molar-refractivity contribution < 1.29 is 0 Å². The van der Waals surface area contributed by atoms with Gasteiger partial charge < -0.3 is 5.32 Å². The predicted octanol–water partition coefficient (Wildman–Crippen LogP) is 3.58. The van der Waals surface area contributed by atoms with Crippen LogP contribution in [0.3, 0.4) is 0 Å². The average Bonchev–Trinajstić information content (AvgIpc) is 2.77. The Morgan fingerprint density at radius 2 is 2.11 bits per heavy atom. The maximum Gasteiger partial charge on any atom is 0.0705 e. The first kappa shape index (κ1) is 14.1. The summed E-state index contributed by atoms with van der Waals surface area (Å²) in [5.41, 5.74) is 3.24. The standard InChI is InChI=1S/C15H20ClN3/c1-11(2)9-17-10-13-4-5-14(16)8-15(13)19-7-6-12(3)18-19/h4-8,11,17H,9-10H2,1-3H3. The largest absolute Gasteiger partial charge is 0.312 e. The molecular formula is C15H20ClN3. The summed E-state index contributed by atoms with van der Waals surface area (Å²) in [6.45, 7) is 8.21. The number of halogens is 1. The van der Waals surface area contributed by atoms with Gasteiger partial charge in [0.15, 0.2) is 0 Å². The molecule has 0 atom stereocenters. The molecule has 0 fully saturated rings. The molecule has 0 radical (unpaired) electrons. The van der Waals surface area contributed by atoms with Crippen molar-refractivity contribution in [1.82, 2.24) is 15.1 Å². The van der Waals surface area contributed by atoms with Gasteiger partial charge in [0, 0.05) is 17.8 Å². The Hall–Kier alpha value is -1.32. The fraction of sp³-hybridized carbons (Fsp3) is 0.400. The second-order valence-corrected chi connectivity index (χ2v) is 5.64. The zero-order valence-electron chi connectivity index (χ0n) is 11.7. The lowest BCUT2D eigenvalue weighted by Crippen LogP contribution is -2.20. The number of aryl methyl sites for hydroxylation is 1. The van der Waals surface area contributed by atoms with Gasteiger partial charge in [0.05, 0.1) is 11.4 Å². The normalized spacial score (nSPS) is 11.2. The molecule has 0 saturated carbocycles. The van der Waals surface area contributed by atoms with Crippen LogP contribution in [0.1, 0.15) is 25.1 Å². The van der Waals surface area contributed by atoms with Crippen LogP contribution in [0.15, 0.2) is 30.5 Å². The van der Waals surface area contributed by atoms with Crippen molar-refractivity contribution in [3.05, 3.63) is 46.7 Å². The van der Waals surface area contributed by atoms with Crippen molar-refractivity contribution >= 4 is 11.6 Å². The van der Waals surface area contributed by atoms with Gasteiger partial charge in [-0.3, -0.25) is 0 Å². The molecule has 0 aliphatic heterocycles. The summed E-state index contributed by atoms with van der Waals surface area (Å²) in [6, 6.07) is 7.93. The van der Waals surface area contributed by atoms with Crippen LogP contribution in [0.4, 0.5) is 0 Å². The summed E-state index contributed by atoms with van der Waals surface area (Å²) in [4.78, 5) is 0. The van der Waals surface area contributed by atoms with Gasteiger partial charge in [0.2, 0.25) is 0 Å². The molecule has 1 aromatic heterocycles. The zero-order chi connectivity index (χ0) is 13.8. The van der Waals surface area contributed by atoms with E-state index in [2.05, 4.69) is 30.3 Å². The Bertz CT molecular complexity index is 546. The molecule has 0 saturated heterocycles. The monoisotopic (exact) mass is 277 g/mol. The van der Waals surface area contributed by atoms with E-state index in [9.17, 15) is 0 Å². The van der Waals surface area contributed by atoms with Crippen LogP contribution in [-0.2, 0) is 6.54 Å². The fourth-order valence-electron chi connectivity index (χ4n) is 1.94. The number of aromatic nitrogens is 2. The molecule has 0 bridgehead atoms. The van der Waals surface area contributed by atoms with Crippen LogP contribution in [0.2, 0.25) is 5.02 Å². The predicted molar refractivity (Wildman–Crippen MR) is 79.9 cm³/mol. The van der Waals surface area contributed by atoms with Gasteiger partial charge in [0.25, 0.3) is 0 Å². The SMILES string of the molecule is Cc1ccn(-c2cc(Cl)ccc2CNCC(C)C)n1. The molecule has 2 rings (SSSR count). The van der Waals surface area contributed by atoms with Gasteiger partial charge in [0.1, 0.15) is 0 Å². The van der Waals surface area contributed by atoms with E-state index < -0.39 is 0 Å². The summed E-state index contributed by atoms with van der Waals surface area (Å²) in [5, 5.41) is 8.64. The van der Waals surface area contributed by atoms with Crippen molar-refractivity contribution in [1.29, 1.82) is 0 Å². The van der Waals surface area contributed by atoms with E-state index >= 15 is 0 Å². The first-order chi connectivity index (χ1) is 9.06. The van der Waals surface area contributed by atoms with Crippen LogP contribution in [0.25, 0.3) is 5.69 Å². The summed E-state index contributed by atoms with van der Waals surface area (Å²) >= 11 is 6.10. The quantitative estimate of drug-likeness (QED) is 0.905. The van der Waals surface area contributed by atoms with E-state index in [0.29, 0.717) is 5.92 Å². The van der Waals surface area contributed by atoms with Crippen molar-refractivity contribution in [2.45, 2.75) is 27.3 Å². The zero-order valence-corrected chi connectivity index (χ0v) is 12.4. The average molecular weight is 278 g/mol. The molecule has 2 aromatic rings. The topological polar surface area (TPSA) is 29.9 Å². The number of nitrogens with one attached hydrogen (secondary N) is 1. The third-order valence-corrected chi connectivity index (χ3v) is 3.12. The van der Waals surface area contributed by atoms with Crippen LogP contribution in [-0.4, -0.2) is 16.3 Å². The van der Waals surface area contributed by atoms with Crippen LogP contribution < -0.4 is 5.32 Å². The maximum absolute atomic E-state index is 6.10. The molecule has 3 nitrogen and oxygen atoms in total. The van der Waals surface area contributed by atoms with E-state index in [1.807, 2.05) is 36.0 Å². The van der Waals surface area contributed by atoms with Crippen LogP contribution in [0, 0.1) is 12.8 Å². The van der Waals surface area contributed by atoms with Crippen molar-refractivity contribution in [3.8, 4) is 5.69 Å². The summed E-state index contributed by atoms with van der Waals surface area (Å²) in [7, 11) is 0. The van der Waals surface area contributed by atoms with Gasteiger partial charge in [-0.1, -0.05) is 31.5 Å². The molecule has 0 unspecified atom stereocenters. The molecule has 4 heteroatoms. The fourth-order valence-corrected chi connectivity index (χ4v) is 2.11. The highest BCUT2D eigenvalue weighted by Crippen LogP contribution is 2.20. The number of benzene rings is 1. The van der Waals surface area contributed by atoms with E-state index in [1.165, 1.54) is 5.56 Å². The highest BCUT2D eigenvalue weighted by Gasteiger charge is 2.07. The Kier molecular flexibility index (Phi) is 4.61. The van der Waals surface area contributed by atoms with E-state index in [0.717, 1.165) is 29.5 Å². The third-order valence-electron chi connectivity index (χ3n) is 2.88. The maximum atomic E-state index is 6.10. The molecule has 0 amide bonds. The molecule has 0 aliphatic carbocycles. The Morgan fingerprint density at radius 1 is 1.32 bits per heavy atom. The second kappa shape index (κ2) is 6.22. The lowest BCUT2D eigenvalue weighted by Gasteiger charge is -2.12. The first-order valence-electron chi connectivity index (χ1n) is 6.58. The molecule has 1 N–H and O–H groups in total. The second-order valence-electron chi connectivity index (χ2n) is 5.20. The number of rotatable bonds is 5. The lowest BCUT2D eigenvalue weighted by atomic mass is 10.1. The van der Waals surface area contributed by atoms with Gasteiger partial charge in [-0.05, 0) is 43.1 Å². The molecule has 102 valence electrons. The number of hydrogen-bond donors (Lipinski definition) is 1. The molecule has 19 heavy (non-hydrogen) atoms. The van der Waals surface area contributed by atoms with Gasteiger partial charge in [-0.2, -0.15) is 5.10 Å². The summed E-state index contributed by atoms with van der Waals surface area (Å²) in [6.07, 6.45) is 1.97. The minimum Gasteiger partial charge on any atom is -0.312 e. The molecule has 0 aliphatic rings. The number of hydrogen-bond acceptors (Lipinski definition) is 2. The van der Waals surface area contributed by atoms with Crippen LogP contribution >= 0.6 is 11.6 Å². The number of nitrogens with zero attached hydrogens (tertiary/aromatic N) is 2. The minimum absolute atomic E-state index is 0.641. The Morgan fingerprint density at radius 3 is 2.74 bits per heavy atom. The molecule has 1 aromatic carbocycles. The van der Waals surface area contributed by atoms with E-state index in [4.69, 9.17) is 11.6 Å². The molecular weight excluding hydrogens is 258 g/mol. The first-order valence-corrected chi connectivity index (χ1v) is 6.96. The third kappa shape index (κ3) is 3.82. The van der Waals surface area contributed by atoms with Crippen molar-refractivity contribution in [2.75, 3.05) is 6.54 Å². The van der Waals surface area contributed by atoms with E-state index in [1.54, 1.807) is 0 Å². The lowest BCUT2D eigenvalue weighted by molar-refractivity contribution is 0.551. The summed E-state index contributed by atoms with van der Waals surface area (Å²) < 4.78 is 1.88. The van der Waals surface area contributed by atoms with Crippen molar-refractivity contribution in [2.24, 2.45) is 5.92 Å². The summed E-state index contributed by atoms with van der Waals surface area (Å²) in [5.74, 6) is 0.641. The highest BCUT2D eigenvalue weighted by atomic mass is 35.5. The van der Waals surface area contributed by atoms with Gasteiger partial charge in [-0.15, -0.1) is 0 Å². The van der Waals surface area contributed by atoms with Gasteiger partial charge >= 0.3 is 0 Å². The van der Waals surface area contributed by atoms with E-state index in [-0.39, 0.29) is 0 Å². The van der Waals surface area contributed by atoms with Gasteiger partial charge in [-0.25, -0.2) is 4.68 Å². The molecule has 1 heterocycles. The minimum atomic E-state index is 0.641. The Labute approximate surface area is 119 Å². The highest BCUT2D eigenvalue weighted by molar-refractivity contribution is 6.30.